The van der Waals surface area contributed by atoms with Crippen molar-refractivity contribution in [3.05, 3.63) is 48.5 Å². The van der Waals surface area contributed by atoms with Crippen LogP contribution in [0.1, 0.15) is 6.42 Å². The van der Waals surface area contributed by atoms with Gasteiger partial charge in [0.05, 0.1) is 18.5 Å². The van der Waals surface area contributed by atoms with Crippen LogP contribution in [0.3, 0.4) is 0 Å². The number of fused-ring (bicyclic) bond motifs is 1. The highest BCUT2D eigenvalue weighted by Gasteiger charge is 2.16. The SMILES string of the molecule is COc1cccc(N2CCCNc3ccccc32)c1. The molecular formula is C16H18N2O. The van der Waals surface area contributed by atoms with Crippen LogP contribution in [0.5, 0.6) is 5.75 Å². The van der Waals surface area contributed by atoms with Crippen LogP contribution >= 0.6 is 0 Å². The van der Waals surface area contributed by atoms with E-state index in [0.29, 0.717) is 0 Å². The van der Waals surface area contributed by atoms with Crippen molar-refractivity contribution in [1.29, 1.82) is 0 Å². The smallest absolute Gasteiger partial charge is 0.120 e. The normalized spacial score (nSPS) is 14.3. The summed E-state index contributed by atoms with van der Waals surface area (Å²) in [5, 5.41) is 3.48. The lowest BCUT2D eigenvalue weighted by Crippen LogP contribution is -2.17. The third-order valence-corrected chi connectivity index (χ3v) is 3.43. The Morgan fingerprint density at radius 3 is 2.89 bits per heavy atom. The fourth-order valence-electron chi connectivity index (χ4n) is 2.49. The maximum absolute atomic E-state index is 5.32. The predicted octanol–water partition coefficient (Wildman–Crippen LogP) is 3.65. The van der Waals surface area contributed by atoms with Crippen LogP contribution in [0.15, 0.2) is 48.5 Å². The summed E-state index contributed by atoms with van der Waals surface area (Å²) in [4.78, 5) is 2.35. The van der Waals surface area contributed by atoms with Crippen molar-refractivity contribution in [1.82, 2.24) is 0 Å². The third kappa shape index (κ3) is 2.36. The largest absolute Gasteiger partial charge is 0.497 e. The van der Waals surface area contributed by atoms with Gasteiger partial charge in [-0.2, -0.15) is 0 Å². The Morgan fingerprint density at radius 2 is 2.00 bits per heavy atom. The number of para-hydroxylation sites is 2. The molecule has 3 rings (SSSR count). The van der Waals surface area contributed by atoms with E-state index >= 15 is 0 Å². The highest BCUT2D eigenvalue weighted by Crippen LogP contribution is 2.35. The van der Waals surface area contributed by atoms with Gasteiger partial charge in [0.1, 0.15) is 5.75 Å². The number of hydrogen-bond acceptors (Lipinski definition) is 3. The van der Waals surface area contributed by atoms with E-state index in [1.54, 1.807) is 7.11 Å². The molecule has 19 heavy (non-hydrogen) atoms. The maximum Gasteiger partial charge on any atom is 0.120 e. The summed E-state index contributed by atoms with van der Waals surface area (Å²) in [6, 6.07) is 16.7. The zero-order valence-corrected chi connectivity index (χ0v) is 11.1. The second-order valence-electron chi connectivity index (χ2n) is 4.65. The highest BCUT2D eigenvalue weighted by molar-refractivity contribution is 5.77. The fraction of sp³-hybridized carbons (Fsp3) is 0.250. The van der Waals surface area contributed by atoms with Crippen LogP contribution in [-0.4, -0.2) is 20.2 Å². The lowest BCUT2D eigenvalue weighted by Gasteiger charge is -2.24. The van der Waals surface area contributed by atoms with Gasteiger partial charge in [-0.3, -0.25) is 0 Å². The molecule has 0 bridgehead atoms. The van der Waals surface area contributed by atoms with E-state index in [2.05, 4.69) is 46.6 Å². The highest BCUT2D eigenvalue weighted by atomic mass is 16.5. The third-order valence-electron chi connectivity index (χ3n) is 3.43. The summed E-state index contributed by atoms with van der Waals surface area (Å²) in [6.07, 6.45) is 1.12. The van der Waals surface area contributed by atoms with Gasteiger partial charge in [0, 0.05) is 24.8 Å². The minimum absolute atomic E-state index is 0.896. The molecule has 1 N–H and O–H groups in total. The summed E-state index contributed by atoms with van der Waals surface area (Å²) in [5.41, 5.74) is 3.60. The van der Waals surface area contributed by atoms with Crippen LogP contribution < -0.4 is 15.0 Å². The molecular weight excluding hydrogens is 236 g/mol. The van der Waals surface area contributed by atoms with Gasteiger partial charge in [-0.15, -0.1) is 0 Å². The van der Waals surface area contributed by atoms with Crippen molar-refractivity contribution in [3.8, 4) is 5.75 Å². The monoisotopic (exact) mass is 254 g/mol. The molecule has 3 nitrogen and oxygen atoms in total. The van der Waals surface area contributed by atoms with Crippen molar-refractivity contribution in [2.75, 3.05) is 30.4 Å². The number of rotatable bonds is 2. The first kappa shape index (κ1) is 11.9. The number of methoxy groups -OCH3 is 1. The lowest BCUT2D eigenvalue weighted by molar-refractivity contribution is 0.415. The van der Waals surface area contributed by atoms with E-state index in [1.807, 2.05) is 12.1 Å². The van der Waals surface area contributed by atoms with Gasteiger partial charge in [0.25, 0.3) is 0 Å². The van der Waals surface area contributed by atoms with E-state index in [4.69, 9.17) is 4.74 Å². The molecule has 2 aromatic carbocycles. The standard InChI is InChI=1S/C16H18N2O/c1-19-14-7-4-6-13(12-14)18-11-5-10-17-15-8-2-3-9-16(15)18/h2-4,6-9,12,17H,5,10-11H2,1H3. The fourth-order valence-corrected chi connectivity index (χ4v) is 2.49. The predicted molar refractivity (Wildman–Crippen MR) is 79.5 cm³/mol. The summed E-state index contributed by atoms with van der Waals surface area (Å²) < 4.78 is 5.32. The molecule has 0 saturated heterocycles. The van der Waals surface area contributed by atoms with E-state index in [1.165, 1.54) is 17.1 Å². The average Bonchev–Trinajstić information content (AvgIpc) is 2.69. The second kappa shape index (κ2) is 5.22. The molecule has 2 aromatic rings. The van der Waals surface area contributed by atoms with Crippen molar-refractivity contribution in [2.45, 2.75) is 6.42 Å². The Labute approximate surface area is 113 Å². The molecule has 98 valence electrons. The Balaban J connectivity index is 2.03. The molecule has 0 radical (unpaired) electrons. The Hall–Kier alpha value is -2.16. The maximum atomic E-state index is 5.32. The summed E-state index contributed by atoms with van der Waals surface area (Å²) in [6.45, 7) is 2.02. The van der Waals surface area contributed by atoms with Crippen LogP contribution in [-0.2, 0) is 0 Å². The molecule has 3 heteroatoms. The number of ether oxygens (including phenoxy) is 1. The first-order chi connectivity index (χ1) is 9.38. The second-order valence-corrected chi connectivity index (χ2v) is 4.65. The van der Waals surface area contributed by atoms with Gasteiger partial charge in [0.15, 0.2) is 0 Å². The number of nitrogens with one attached hydrogen (secondary N) is 1. The van der Waals surface area contributed by atoms with E-state index in [0.717, 1.165) is 25.3 Å². The van der Waals surface area contributed by atoms with Gasteiger partial charge < -0.3 is 15.0 Å². The Kier molecular flexibility index (Phi) is 3.27. The number of hydrogen-bond donors (Lipinski definition) is 1. The molecule has 0 saturated carbocycles. The molecule has 1 heterocycles. The zero-order valence-electron chi connectivity index (χ0n) is 11.1. The van der Waals surface area contributed by atoms with Crippen LogP contribution in [0.25, 0.3) is 0 Å². The van der Waals surface area contributed by atoms with Crippen LogP contribution in [0, 0.1) is 0 Å². The van der Waals surface area contributed by atoms with Crippen molar-refractivity contribution in [2.24, 2.45) is 0 Å². The number of anilines is 3. The summed E-state index contributed by atoms with van der Waals surface area (Å²) in [5.74, 6) is 0.896. The molecule has 0 fully saturated rings. The number of benzene rings is 2. The van der Waals surface area contributed by atoms with Crippen molar-refractivity contribution >= 4 is 17.1 Å². The van der Waals surface area contributed by atoms with E-state index < -0.39 is 0 Å². The van der Waals surface area contributed by atoms with E-state index in [-0.39, 0.29) is 0 Å². The molecule has 1 aliphatic heterocycles. The number of nitrogens with zero attached hydrogens (tertiary/aromatic N) is 1. The minimum Gasteiger partial charge on any atom is -0.497 e. The zero-order chi connectivity index (χ0) is 13.1. The van der Waals surface area contributed by atoms with E-state index in [9.17, 15) is 0 Å². The minimum atomic E-state index is 0.896. The lowest BCUT2D eigenvalue weighted by atomic mass is 10.2. The molecule has 0 amide bonds. The topological polar surface area (TPSA) is 24.5 Å². The van der Waals surface area contributed by atoms with Gasteiger partial charge in [-0.05, 0) is 30.7 Å². The molecule has 0 unspecified atom stereocenters. The Bertz CT molecular complexity index is 568. The van der Waals surface area contributed by atoms with Gasteiger partial charge in [-0.25, -0.2) is 0 Å². The average molecular weight is 254 g/mol. The molecule has 0 aliphatic carbocycles. The first-order valence-electron chi connectivity index (χ1n) is 6.63. The van der Waals surface area contributed by atoms with Gasteiger partial charge in [0.2, 0.25) is 0 Å². The quantitative estimate of drug-likeness (QED) is 0.885. The summed E-state index contributed by atoms with van der Waals surface area (Å²) >= 11 is 0. The van der Waals surface area contributed by atoms with Crippen LogP contribution in [0.4, 0.5) is 17.1 Å². The molecule has 0 atom stereocenters. The Morgan fingerprint density at radius 1 is 1.11 bits per heavy atom. The molecule has 0 aromatic heterocycles. The first-order valence-corrected chi connectivity index (χ1v) is 6.63. The molecule has 1 aliphatic rings. The summed E-state index contributed by atoms with van der Waals surface area (Å²) in [7, 11) is 1.71. The molecule has 0 spiro atoms. The van der Waals surface area contributed by atoms with Gasteiger partial charge >= 0.3 is 0 Å². The van der Waals surface area contributed by atoms with Crippen LogP contribution in [0.2, 0.25) is 0 Å². The van der Waals surface area contributed by atoms with Crippen molar-refractivity contribution < 1.29 is 4.74 Å². The van der Waals surface area contributed by atoms with Crippen molar-refractivity contribution in [3.63, 3.8) is 0 Å². The van der Waals surface area contributed by atoms with Gasteiger partial charge in [-0.1, -0.05) is 18.2 Å².